The number of nitrogens with one attached hydrogen (secondary N) is 1. The van der Waals surface area contributed by atoms with E-state index in [-0.39, 0.29) is 5.56 Å². The number of rotatable bonds is 8. The summed E-state index contributed by atoms with van der Waals surface area (Å²) in [7, 11) is 0. The van der Waals surface area contributed by atoms with E-state index in [1.807, 2.05) is 0 Å². The zero-order valence-electron chi connectivity index (χ0n) is 16.1. The Balaban J connectivity index is 1.90. The summed E-state index contributed by atoms with van der Waals surface area (Å²) in [5, 5.41) is 9.68. The van der Waals surface area contributed by atoms with Gasteiger partial charge in [0.1, 0.15) is 17.1 Å². The van der Waals surface area contributed by atoms with Gasteiger partial charge in [-0.1, -0.05) is 43.5 Å². The Hall–Kier alpha value is -4.32. The Morgan fingerprint density at radius 1 is 1.07 bits per heavy atom. The summed E-state index contributed by atoms with van der Waals surface area (Å²) in [5.74, 6) is -0.0689. The number of nitrogens with zero attached hydrogens (tertiary/aromatic N) is 1. The number of carboxylic acids is 1. The van der Waals surface area contributed by atoms with Crippen LogP contribution in [0.5, 0.6) is 5.75 Å². The molecule has 0 aliphatic carbocycles. The molecule has 3 rings (SSSR count). The molecule has 0 radical (unpaired) electrons. The first-order valence-corrected chi connectivity index (χ1v) is 9.08. The molecule has 0 bridgehead atoms. The number of ether oxygens (including phenoxy) is 1. The van der Waals surface area contributed by atoms with Crippen molar-refractivity contribution in [2.24, 2.45) is 0 Å². The highest BCUT2D eigenvalue weighted by Crippen LogP contribution is 2.20. The van der Waals surface area contributed by atoms with Crippen molar-refractivity contribution in [1.29, 1.82) is 0 Å². The van der Waals surface area contributed by atoms with E-state index in [2.05, 4.69) is 18.6 Å². The fourth-order valence-corrected chi connectivity index (χ4v) is 2.80. The van der Waals surface area contributed by atoms with Gasteiger partial charge in [-0.3, -0.25) is 14.9 Å². The van der Waals surface area contributed by atoms with Crippen LogP contribution in [0, 0.1) is 0 Å². The Bertz CT molecular complexity index is 1220. The lowest BCUT2D eigenvalue weighted by Gasteiger charge is -2.15. The maximum Gasteiger partial charge on any atom is 0.341 e. The number of carboxylic acid groups (broad SMARTS) is 1. The van der Waals surface area contributed by atoms with Crippen molar-refractivity contribution in [2.75, 3.05) is 5.43 Å². The number of carbonyl (C=O) groups is 1. The second-order valence-corrected chi connectivity index (χ2v) is 6.20. The maximum atomic E-state index is 12.4. The topological polar surface area (TPSA) is 80.6 Å². The SMILES string of the molecule is C=C/C=C\C(=C/C=C)Oc1ccc(Nn2cc(C(=O)O)c(=O)c3ccccc32)cc1. The number of anilines is 1. The van der Waals surface area contributed by atoms with Crippen molar-refractivity contribution in [3.05, 3.63) is 120 Å². The summed E-state index contributed by atoms with van der Waals surface area (Å²) in [5.41, 5.74) is 3.53. The molecule has 0 aliphatic rings. The van der Waals surface area contributed by atoms with Gasteiger partial charge in [0.2, 0.25) is 5.43 Å². The van der Waals surface area contributed by atoms with E-state index in [4.69, 9.17) is 4.74 Å². The largest absolute Gasteiger partial charge is 0.477 e. The molecule has 30 heavy (non-hydrogen) atoms. The predicted octanol–water partition coefficient (Wildman–Crippen LogP) is 4.77. The van der Waals surface area contributed by atoms with E-state index in [9.17, 15) is 14.7 Å². The van der Waals surface area contributed by atoms with Crippen molar-refractivity contribution in [3.63, 3.8) is 0 Å². The normalized spacial score (nSPS) is 11.4. The molecule has 150 valence electrons. The van der Waals surface area contributed by atoms with Crippen molar-refractivity contribution < 1.29 is 14.6 Å². The second kappa shape index (κ2) is 9.25. The lowest BCUT2D eigenvalue weighted by Crippen LogP contribution is -2.21. The molecule has 0 aliphatic heterocycles. The van der Waals surface area contributed by atoms with Crippen molar-refractivity contribution in [3.8, 4) is 5.75 Å². The molecule has 6 heteroatoms. The van der Waals surface area contributed by atoms with Gasteiger partial charge in [-0.2, -0.15) is 0 Å². The number of benzene rings is 2. The number of para-hydroxylation sites is 1. The molecule has 0 unspecified atom stereocenters. The molecule has 1 heterocycles. The average molecular weight is 400 g/mol. The van der Waals surface area contributed by atoms with Gasteiger partial charge >= 0.3 is 5.97 Å². The second-order valence-electron chi connectivity index (χ2n) is 6.20. The van der Waals surface area contributed by atoms with E-state index >= 15 is 0 Å². The molecular weight excluding hydrogens is 380 g/mol. The van der Waals surface area contributed by atoms with Crippen LogP contribution in [0.25, 0.3) is 10.9 Å². The molecule has 0 fully saturated rings. The molecule has 3 aromatic rings. The monoisotopic (exact) mass is 400 g/mol. The zero-order chi connectivity index (χ0) is 21.5. The summed E-state index contributed by atoms with van der Waals surface area (Å²) in [6, 6.07) is 13.9. The molecular formula is C24H20N2O4. The molecule has 0 saturated heterocycles. The summed E-state index contributed by atoms with van der Waals surface area (Å²) >= 11 is 0. The van der Waals surface area contributed by atoms with Crippen molar-refractivity contribution in [2.45, 2.75) is 0 Å². The zero-order valence-corrected chi connectivity index (χ0v) is 16.1. The molecule has 0 spiro atoms. The minimum Gasteiger partial charge on any atom is -0.477 e. The minimum absolute atomic E-state index is 0.311. The average Bonchev–Trinajstić information content (AvgIpc) is 2.75. The van der Waals surface area contributed by atoms with Gasteiger partial charge in [-0.15, -0.1) is 0 Å². The summed E-state index contributed by atoms with van der Waals surface area (Å²) in [6.45, 7) is 7.30. The third-order valence-corrected chi connectivity index (χ3v) is 4.16. The highest BCUT2D eigenvalue weighted by molar-refractivity contribution is 5.92. The summed E-state index contributed by atoms with van der Waals surface area (Å²) in [6.07, 6.45) is 9.80. The predicted molar refractivity (Wildman–Crippen MR) is 119 cm³/mol. The fourth-order valence-electron chi connectivity index (χ4n) is 2.80. The molecule has 0 amide bonds. The van der Waals surface area contributed by atoms with E-state index in [0.717, 1.165) is 0 Å². The van der Waals surface area contributed by atoms with Crippen LogP contribution >= 0.6 is 0 Å². The lowest BCUT2D eigenvalue weighted by atomic mass is 10.1. The standard InChI is InChI=1S/C24H20N2O4/c1-3-5-9-18(8-4-2)30-19-14-12-17(13-15-19)25-26-16-21(24(28)29)23(27)20-10-6-7-11-22(20)26/h3-16,25H,1-2H2,(H,28,29)/b9-5-,18-8+. The fraction of sp³-hybridized carbons (Fsp3) is 0. The third kappa shape index (κ3) is 4.56. The van der Waals surface area contributed by atoms with Gasteiger partial charge in [-0.05, 0) is 48.6 Å². The van der Waals surface area contributed by atoms with Gasteiger partial charge < -0.3 is 9.84 Å². The maximum absolute atomic E-state index is 12.4. The number of aromatic nitrogens is 1. The quantitative estimate of drug-likeness (QED) is 0.421. The Kier molecular flexibility index (Phi) is 6.29. The van der Waals surface area contributed by atoms with Crippen LogP contribution in [0.3, 0.4) is 0 Å². The molecule has 1 aromatic heterocycles. The van der Waals surface area contributed by atoms with Crippen LogP contribution in [0.15, 0.2) is 109 Å². The van der Waals surface area contributed by atoms with E-state index in [0.29, 0.717) is 28.1 Å². The Labute approximate surface area is 173 Å². The molecule has 6 nitrogen and oxygen atoms in total. The van der Waals surface area contributed by atoms with E-state index in [1.54, 1.807) is 78.9 Å². The molecule has 2 aromatic carbocycles. The Morgan fingerprint density at radius 3 is 2.47 bits per heavy atom. The first-order valence-electron chi connectivity index (χ1n) is 9.08. The smallest absolute Gasteiger partial charge is 0.341 e. The Morgan fingerprint density at radius 2 is 1.80 bits per heavy atom. The van der Waals surface area contributed by atoms with Crippen molar-refractivity contribution >= 4 is 22.6 Å². The molecule has 2 N–H and O–H groups in total. The van der Waals surface area contributed by atoms with Gasteiger partial charge in [-0.25, -0.2) is 4.79 Å². The summed E-state index contributed by atoms with van der Waals surface area (Å²) < 4.78 is 7.32. The number of pyridine rings is 1. The first kappa shape index (κ1) is 20.4. The first-order chi connectivity index (χ1) is 14.5. The van der Waals surface area contributed by atoms with E-state index in [1.165, 1.54) is 10.9 Å². The molecule has 0 atom stereocenters. The van der Waals surface area contributed by atoms with Crippen LogP contribution < -0.4 is 15.6 Å². The van der Waals surface area contributed by atoms with Gasteiger partial charge in [0, 0.05) is 11.6 Å². The lowest BCUT2D eigenvalue weighted by molar-refractivity contribution is 0.0695. The number of allylic oxidation sites excluding steroid dienone is 5. The number of fused-ring (bicyclic) bond motifs is 1. The van der Waals surface area contributed by atoms with Crippen LogP contribution in [0.2, 0.25) is 0 Å². The van der Waals surface area contributed by atoms with Gasteiger partial charge in [0.25, 0.3) is 0 Å². The van der Waals surface area contributed by atoms with E-state index < -0.39 is 11.4 Å². The van der Waals surface area contributed by atoms with Crippen LogP contribution in [0.1, 0.15) is 10.4 Å². The molecule has 0 saturated carbocycles. The van der Waals surface area contributed by atoms with Gasteiger partial charge in [0.15, 0.2) is 0 Å². The highest BCUT2D eigenvalue weighted by Gasteiger charge is 2.14. The summed E-state index contributed by atoms with van der Waals surface area (Å²) in [4.78, 5) is 23.9. The van der Waals surface area contributed by atoms with Gasteiger partial charge in [0.05, 0.1) is 11.2 Å². The number of aromatic carboxylic acids is 1. The highest BCUT2D eigenvalue weighted by atomic mass is 16.5. The third-order valence-electron chi connectivity index (χ3n) is 4.16. The minimum atomic E-state index is -1.28. The van der Waals surface area contributed by atoms with Crippen LogP contribution in [-0.2, 0) is 0 Å². The van der Waals surface area contributed by atoms with Crippen molar-refractivity contribution in [1.82, 2.24) is 4.68 Å². The van der Waals surface area contributed by atoms with Crippen LogP contribution in [0.4, 0.5) is 5.69 Å². The number of hydrogen-bond donors (Lipinski definition) is 2. The number of hydrogen-bond acceptors (Lipinski definition) is 4. The van der Waals surface area contributed by atoms with Crippen LogP contribution in [-0.4, -0.2) is 15.8 Å².